The summed E-state index contributed by atoms with van der Waals surface area (Å²) in [5.74, 6) is 0.935. The van der Waals surface area contributed by atoms with Gasteiger partial charge in [-0.15, -0.1) is 10.2 Å². The molecule has 0 amide bonds. The van der Waals surface area contributed by atoms with Gasteiger partial charge in [0.1, 0.15) is 5.01 Å². The highest BCUT2D eigenvalue weighted by molar-refractivity contribution is 8.01. The van der Waals surface area contributed by atoms with E-state index in [0.717, 1.165) is 58.7 Å². The third-order valence-electron chi connectivity index (χ3n) is 6.48. The number of benzene rings is 2. The van der Waals surface area contributed by atoms with Gasteiger partial charge in [0.25, 0.3) is 0 Å². The second-order valence-corrected chi connectivity index (χ2v) is 11.0. The van der Waals surface area contributed by atoms with Crippen molar-refractivity contribution in [2.45, 2.75) is 34.3 Å². The van der Waals surface area contributed by atoms with E-state index in [9.17, 15) is 13.2 Å². The van der Waals surface area contributed by atoms with Crippen LogP contribution in [-0.2, 0) is 11.6 Å². The van der Waals surface area contributed by atoms with Crippen molar-refractivity contribution in [3.05, 3.63) is 65.7 Å². The van der Waals surface area contributed by atoms with Crippen LogP contribution < -0.4 is 5.73 Å². The lowest BCUT2D eigenvalue weighted by molar-refractivity contribution is -0.137. The van der Waals surface area contributed by atoms with Crippen LogP contribution in [0, 0.1) is 0 Å². The maximum atomic E-state index is 12.9. The Bertz CT molecular complexity index is 1090. The Morgan fingerprint density at radius 3 is 2.50 bits per heavy atom. The Labute approximate surface area is 193 Å². The Kier molecular flexibility index (Phi) is 5.56. The smallest absolute Gasteiger partial charge is 0.323 e. The van der Waals surface area contributed by atoms with Gasteiger partial charge in [-0.05, 0) is 37.1 Å². The van der Waals surface area contributed by atoms with Crippen molar-refractivity contribution >= 4 is 23.1 Å². The molecule has 1 saturated heterocycles. The van der Waals surface area contributed by atoms with E-state index in [1.807, 2.05) is 30.3 Å². The Morgan fingerprint density at radius 2 is 1.78 bits per heavy atom. The number of fused-ring (bicyclic) bond motifs is 1. The van der Waals surface area contributed by atoms with E-state index in [0.29, 0.717) is 0 Å². The molecule has 0 spiro atoms. The fourth-order valence-corrected chi connectivity index (χ4v) is 6.63. The first-order valence-electron chi connectivity index (χ1n) is 10.5. The number of nitrogens with two attached hydrogens (primary N) is 1. The van der Waals surface area contributed by atoms with Gasteiger partial charge in [0, 0.05) is 35.4 Å². The van der Waals surface area contributed by atoms with Crippen LogP contribution in [0.25, 0.3) is 10.6 Å². The first-order valence-corrected chi connectivity index (χ1v) is 12.3. The van der Waals surface area contributed by atoms with Crippen molar-refractivity contribution < 1.29 is 13.2 Å². The number of hydrogen-bond acceptors (Lipinski definition) is 6. The number of piperidine rings is 1. The molecule has 2 heterocycles. The van der Waals surface area contributed by atoms with E-state index in [1.165, 1.54) is 12.1 Å². The molecule has 0 bridgehead atoms. The van der Waals surface area contributed by atoms with Crippen LogP contribution in [0.5, 0.6) is 0 Å². The van der Waals surface area contributed by atoms with Gasteiger partial charge in [0.15, 0.2) is 4.34 Å². The van der Waals surface area contributed by atoms with E-state index in [1.54, 1.807) is 35.2 Å². The quantitative estimate of drug-likeness (QED) is 0.382. The second kappa shape index (κ2) is 8.13. The summed E-state index contributed by atoms with van der Waals surface area (Å²) in [4.78, 5) is 2.34. The van der Waals surface area contributed by atoms with Crippen LogP contribution in [0.15, 0.2) is 58.9 Å². The summed E-state index contributed by atoms with van der Waals surface area (Å²) in [7, 11) is 0. The van der Waals surface area contributed by atoms with Crippen LogP contribution >= 0.6 is 23.1 Å². The monoisotopic (exact) mass is 476 g/mol. The third kappa shape index (κ3) is 4.07. The van der Waals surface area contributed by atoms with Crippen LogP contribution in [0.2, 0.25) is 0 Å². The normalized spacial score (nSPS) is 25.1. The number of alkyl halides is 3. The maximum Gasteiger partial charge on any atom is 0.416 e. The molecule has 0 radical (unpaired) electrons. The van der Waals surface area contributed by atoms with Crippen molar-refractivity contribution in [2.24, 2.45) is 5.73 Å². The largest absolute Gasteiger partial charge is 0.416 e. The molecule has 1 aliphatic carbocycles. The predicted octanol–water partition coefficient (Wildman–Crippen LogP) is 5.06. The minimum atomic E-state index is -4.31. The lowest BCUT2D eigenvalue weighted by Gasteiger charge is -2.20. The molecular weight excluding hydrogens is 453 g/mol. The van der Waals surface area contributed by atoms with E-state index in [4.69, 9.17) is 5.73 Å². The van der Waals surface area contributed by atoms with Crippen LogP contribution in [0.3, 0.4) is 0 Å². The zero-order valence-electron chi connectivity index (χ0n) is 17.3. The van der Waals surface area contributed by atoms with Crippen molar-refractivity contribution in [2.75, 3.05) is 25.4 Å². The summed E-state index contributed by atoms with van der Waals surface area (Å²) in [6.45, 7) is 2.50. The minimum absolute atomic E-state index is 0.214. The summed E-state index contributed by atoms with van der Waals surface area (Å²) in [6.07, 6.45) is -2.48. The standard InChI is InChI=1S/C23H23F3N4S2/c24-23(25,26)18-9-7-17(8-10-18)21-13-22(21,27)15-30(14-21)11-4-12-31-20-29-28-19(32-20)16-5-2-1-3-6-16/h1-3,5-10H,4,11-15,27H2/t21-,22-/m1/s1. The lowest BCUT2D eigenvalue weighted by atomic mass is 9.92. The zero-order valence-corrected chi connectivity index (χ0v) is 18.9. The number of halogens is 3. The minimum Gasteiger partial charge on any atom is -0.323 e. The van der Waals surface area contributed by atoms with Gasteiger partial charge in [-0.2, -0.15) is 13.2 Å². The molecule has 2 atom stereocenters. The van der Waals surface area contributed by atoms with Crippen LogP contribution in [0.1, 0.15) is 24.0 Å². The second-order valence-electron chi connectivity index (χ2n) is 8.64. The Hall–Kier alpha value is -1.94. The van der Waals surface area contributed by atoms with E-state index in [-0.39, 0.29) is 11.0 Å². The molecule has 0 unspecified atom stereocenters. The first-order chi connectivity index (χ1) is 15.3. The molecule has 2 aromatic carbocycles. The molecule has 2 fully saturated rings. The summed E-state index contributed by atoms with van der Waals surface area (Å²) in [6, 6.07) is 15.6. The van der Waals surface area contributed by atoms with E-state index in [2.05, 4.69) is 15.1 Å². The predicted molar refractivity (Wildman–Crippen MR) is 122 cm³/mol. The maximum absolute atomic E-state index is 12.9. The third-order valence-corrected chi connectivity index (χ3v) is 8.67. The zero-order chi connectivity index (χ0) is 22.4. The van der Waals surface area contributed by atoms with Crippen molar-refractivity contribution in [1.29, 1.82) is 0 Å². The highest BCUT2D eigenvalue weighted by Gasteiger charge is 2.70. The number of likely N-dealkylation sites (tertiary alicyclic amines) is 1. The average Bonchev–Trinajstić information content (AvgIpc) is 3.08. The van der Waals surface area contributed by atoms with Gasteiger partial charge in [0.2, 0.25) is 0 Å². The summed E-state index contributed by atoms with van der Waals surface area (Å²) in [5.41, 5.74) is 7.45. The molecule has 1 saturated carbocycles. The molecule has 4 nitrogen and oxygen atoms in total. The van der Waals surface area contributed by atoms with Crippen molar-refractivity contribution in [1.82, 2.24) is 15.1 Å². The van der Waals surface area contributed by atoms with E-state index < -0.39 is 11.7 Å². The van der Waals surface area contributed by atoms with Crippen LogP contribution in [0.4, 0.5) is 13.2 Å². The fraction of sp³-hybridized carbons (Fsp3) is 0.391. The van der Waals surface area contributed by atoms with Crippen molar-refractivity contribution in [3.63, 3.8) is 0 Å². The molecule has 1 aliphatic heterocycles. The van der Waals surface area contributed by atoms with Gasteiger partial charge >= 0.3 is 6.18 Å². The summed E-state index contributed by atoms with van der Waals surface area (Å²) >= 11 is 3.31. The Morgan fingerprint density at radius 1 is 1.03 bits per heavy atom. The molecule has 2 N–H and O–H groups in total. The molecule has 2 aliphatic rings. The summed E-state index contributed by atoms with van der Waals surface area (Å²) in [5, 5.41) is 9.49. The fourth-order valence-electron chi connectivity index (χ4n) is 4.78. The SMILES string of the molecule is N[C@]12CN(CCCSc3nnc(-c4ccccc4)s3)C[C@@]1(c1ccc(C(F)(F)F)cc1)C2. The molecule has 9 heteroatoms. The Balaban J connectivity index is 1.13. The van der Waals surface area contributed by atoms with Crippen molar-refractivity contribution in [3.8, 4) is 10.6 Å². The van der Waals surface area contributed by atoms with E-state index >= 15 is 0 Å². The molecule has 5 rings (SSSR count). The topological polar surface area (TPSA) is 55.0 Å². The van der Waals surface area contributed by atoms with Crippen LogP contribution in [-0.4, -0.2) is 46.0 Å². The number of aromatic nitrogens is 2. The molecule has 1 aromatic heterocycles. The molecule has 3 aromatic rings. The highest BCUT2D eigenvalue weighted by atomic mass is 32.2. The summed E-state index contributed by atoms with van der Waals surface area (Å²) < 4.78 is 39.6. The first kappa shape index (κ1) is 21.9. The van der Waals surface area contributed by atoms with Gasteiger partial charge in [-0.25, -0.2) is 0 Å². The number of thioether (sulfide) groups is 1. The molecular formula is C23H23F3N4S2. The molecule has 32 heavy (non-hydrogen) atoms. The van der Waals surface area contributed by atoms with Gasteiger partial charge in [-0.1, -0.05) is 65.6 Å². The highest BCUT2D eigenvalue weighted by Crippen LogP contribution is 2.60. The van der Waals surface area contributed by atoms with Gasteiger partial charge in [0.05, 0.1) is 5.56 Å². The number of nitrogens with zero attached hydrogens (tertiary/aromatic N) is 3. The molecule has 168 valence electrons. The average molecular weight is 477 g/mol. The number of hydrogen-bond donors (Lipinski definition) is 1. The number of rotatable bonds is 7. The van der Waals surface area contributed by atoms with Gasteiger partial charge < -0.3 is 10.6 Å². The van der Waals surface area contributed by atoms with Gasteiger partial charge in [-0.3, -0.25) is 0 Å². The lowest BCUT2D eigenvalue weighted by Crippen LogP contribution is -2.34.